The minimum Gasteiger partial charge on any atom is -0.464 e. The number of likely N-dealkylation sites (N-methyl/N-ethyl adjacent to an activating group) is 1. The largest absolute Gasteiger partial charge is 0.464 e. The van der Waals surface area contributed by atoms with Crippen molar-refractivity contribution in [1.82, 2.24) is 19.6 Å². The molecule has 0 spiro atoms. The number of nitrogens with zero attached hydrogens (tertiary/aromatic N) is 4. The third-order valence-corrected chi connectivity index (χ3v) is 5.29. The maximum absolute atomic E-state index is 11.8. The van der Waals surface area contributed by atoms with E-state index in [2.05, 4.69) is 35.1 Å². The van der Waals surface area contributed by atoms with Crippen molar-refractivity contribution in [1.29, 1.82) is 0 Å². The highest BCUT2D eigenvalue weighted by Gasteiger charge is 2.36. The van der Waals surface area contributed by atoms with Crippen LogP contribution in [0.1, 0.15) is 37.8 Å². The molecule has 0 saturated carbocycles. The Hall–Kier alpha value is -1.40. The van der Waals surface area contributed by atoms with E-state index in [1.54, 1.807) is 0 Å². The van der Waals surface area contributed by atoms with Crippen LogP contribution in [-0.2, 0) is 16.6 Å². The summed E-state index contributed by atoms with van der Waals surface area (Å²) >= 11 is 0. The Bertz CT molecular complexity index is 544. The molecule has 3 rings (SSSR count). The number of carbonyl (C=O) groups is 1. The Kier molecular flexibility index (Phi) is 5.02. The molecule has 0 unspecified atom stereocenters. The number of aromatic nitrogens is 2. The van der Waals surface area contributed by atoms with Crippen LogP contribution < -0.4 is 0 Å². The monoisotopic (exact) mass is 320 g/mol. The summed E-state index contributed by atoms with van der Waals surface area (Å²) in [5.74, 6) is 0.458. The van der Waals surface area contributed by atoms with E-state index < -0.39 is 0 Å². The van der Waals surface area contributed by atoms with Crippen LogP contribution in [-0.4, -0.2) is 64.9 Å². The summed E-state index contributed by atoms with van der Waals surface area (Å²) in [6, 6.07) is 0.323. The highest BCUT2D eigenvalue weighted by Crippen LogP contribution is 2.36. The predicted octanol–water partition coefficient (Wildman–Crippen LogP) is 1.44. The van der Waals surface area contributed by atoms with Crippen molar-refractivity contribution >= 4 is 5.97 Å². The molecule has 0 aromatic carbocycles. The summed E-state index contributed by atoms with van der Waals surface area (Å²) in [5.41, 5.74) is 1.29. The number of hydrogen-bond acceptors (Lipinski definition) is 5. The molecule has 3 atom stereocenters. The van der Waals surface area contributed by atoms with Gasteiger partial charge in [0.15, 0.2) is 0 Å². The number of likely N-dealkylation sites (tertiary alicyclic amines) is 1. The molecular weight excluding hydrogens is 292 g/mol. The quantitative estimate of drug-likeness (QED) is 0.769. The molecule has 128 valence electrons. The molecule has 0 radical (unpaired) electrons. The second kappa shape index (κ2) is 7.01. The van der Waals surface area contributed by atoms with Crippen LogP contribution >= 0.6 is 0 Å². The first-order valence-corrected chi connectivity index (χ1v) is 8.69. The number of carbonyl (C=O) groups excluding carboxylic acids is 1. The van der Waals surface area contributed by atoms with Gasteiger partial charge in [0.05, 0.1) is 12.8 Å². The zero-order valence-corrected chi connectivity index (χ0v) is 14.4. The van der Waals surface area contributed by atoms with Crippen molar-refractivity contribution in [2.45, 2.75) is 38.3 Å². The van der Waals surface area contributed by atoms with E-state index in [0.717, 1.165) is 26.1 Å². The highest BCUT2D eigenvalue weighted by molar-refractivity contribution is 5.77. The van der Waals surface area contributed by atoms with Crippen molar-refractivity contribution in [3.05, 3.63) is 18.0 Å². The number of esters is 1. The van der Waals surface area contributed by atoms with E-state index in [-0.39, 0.29) is 12.0 Å². The fourth-order valence-electron chi connectivity index (χ4n) is 4.16. The van der Waals surface area contributed by atoms with Gasteiger partial charge in [-0.15, -0.1) is 0 Å². The fourth-order valence-corrected chi connectivity index (χ4v) is 4.16. The smallest absolute Gasteiger partial charge is 0.323 e. The zero-order valence-electron chi connectivity index (χ0n) is 14.4. The normalized spacial score (nSPS) is 29.2. The molecule has 0 bridgehead atoms. The Morgan fingerprint density at radius 3 is 2.87 bits per heavy atom. The molecule has 2 fully saturated rings. The van der Waals surface area contributed by atoms with Gasteiger partial charge in [-0.05, 0) is 38.9 Å². The summed E-state index contributed by atoms with van der Waals surface area (Å²) in [6.07, 6.45) is 7.36. The van der Waals surface area contributed by atoms with E-state index in [4.69, 9.17) is 4.74 Å². The Balaban J connectivity index is 1.76. The summed E-state index contributed by atoms with van der Waals surface area (Å²) < 4.78 is 7.01. The van der Waals surface area contributed by atoms with Crippen LogP contribution in [0.2, 0.25) is 0 Å². The van der Waals surface area contributed by atoms with E-state index in [1.807, 2.05) is 17.9 Å². The van der Waals surface area contributed by atoms with Crippen molar-refractivity contribution in [3.63, 3.8) is 0 Å². The summed E-state index contributed by atoms with van der Waals surface area (Å²) in [5, 5.41) is 4.37. The Morgan fingerprint density at radius 2 is 2.26 bits per heavy atom. The van der Waals surface area contributed by atoms with Gasteiger partial charge in [-0.3, -0.25) is 19.3 Å². The van der Waals surface area contributed by atoms with Crippen LogP contribution in [0.4, 0.5) is 0 Å². The molecule has 6 heteroatoms. The maximum Gasteiger partial charge on any atom is 0.323 e. The van der Waals surface area contributed by atoms with E-state index in [0.29, 0.717) is 18.6 Å². The van der Waals surface area contributed by atoms with Gasteiger partial charge in [0.2, 0.25) is 0 Å². The minimum atomic E-state index is -0.0680. The lowest BCUT2D eigenvalue weighted by atomic mass is 9.85. The van der Waals surface area contributed by atoms with Crippen LogP contribution in [0.25, 0.3) is 0 Å². The average molecular weight is 320 g/mol. The van der Waals surface area contributed by atoms with Gasteiger partial charge in [-0.1, -0.05) is 6.92 Å². The first-order chi connectivity index (χ1) is 11.1. The number of aryl methyl sites for hydroxylation is 1. The highest BCUT2D eigenvalue weighted by atomic mass is 16.5. The first-order valence-electron chi connectivity index (χ1n) is 8.69. The molecule has 1 aromatic heterocycles. The van der Waals surface area contributed by atoms with Gasteiger partial charge >= 0.3 is 5.97 Å². The second-order valence-corrected chi connectivity index (χ2v) is 6.83. The van der Waals surface area contributed by atoms with Gasteiger partial charge in [-0.25, -0.2) is 0 Å². The molecular formula is C17H28N4O2. The number of rotatable bonds is 5. The molecule has 3 heterocycles. The van der Waals surface area contributed by atoms with E-state index in [9.17, 15) is 4.79 Å². The van der Waals surface area contributed by atoms with Crippen LogP contribution in [0.3, 0.4) is 0 Å². The number of ether oxygens (including phenoxy) is 1. The lowest BCUT2D eigenvalue weighted by molar-refractivity contribution is -0.142. The average Bonchev–Trinajstić information content (AvgIpc) is 3.15. The fraction of sp³-hybridized carbons (Fsp3) is 0.765. The molecule has 6 nitrogen and oxygen atoms in total. The van der Waals surface area contributed by atoms with Gasteiger partial charge in [0.25, 0.3) is 0 Å². The number of hydrogen-bond donors (Lipinski definition) is 0. The first kappa shape index (κ1) is 16.5. The molecule has 23 heavy (non-hydrogen) atoms. The van der Waals surface area contributed by atoms with Crippen LogP contribution in [0.5, 0.6) is 0 Å². The van der Waals surface area contributed by atoms with Crippen LogP contribution in [0, 0.1) is 5.92 Å². The minimum absolute atomic E-state index is 0.0615. The Labute approximate surface area is 138 Å². The van der Waals surface area contributed by atoms with Gasteiger partial charge in [0.1, 0.15) is 6.04 Å². The second-order valence-electron chi connectivity index (χ2n) is 6.83. The summed E-state index contributed by atoms with van der Waals surface area (Å²) in [7, 11) is 4.03. The number of cyclic esters (lactones) is 1. The van der Waals surface area contributed by atoms with Crippen molar-refractivity contribution < 1.29 is 9.53 Å². The molecule has 1 aromatic rings. The third-order valence-electron chi connectivity index (χ3n) is 5.29. The molecule has 0 N–H and O–H groups in total. The van der Waals surface area contributed by atoms with Crippen molar-refractivity contribution in [2.75, 3.05) is 33.3 Å². The van der Waals surface area contributed by atoms with Crippen molar-refractivity contribution in [2.24, 2.45) is 13.0 Å². The lowest BCUT2D eigenvalue weighted by Crippen LogP contribution is -2.45. The Morgan fingerprint density at radius 1 is 1.43 bits per heavy atom. The SMILES string of the molecule is CCN1CCC[C@@H](CN(C)[C@@H]2CCOC2=O)[C@@H]1c1cnn(C)c1. The molecule has 0 amide bonds. The van der Waals surface area contributed by atoms with Gasteiger partial charge in [-0.2, -0.15) is 5.10 Å². The van der Waals surface area contributed by atoms with E-state index >= 15 is 0 Å². The van der Waals surface area contributed by atoms with Crippen molar-refractivity contribution in [3.8, 4) is 0 Å². The third kappa shape index (κ3) is 3.43. The molecule has 2 saturated heterocycles. The van der Waals surface area contributed by atoms with Gasteiger partial charge < -0.3 is 4.74 Å². The lowest BCUT2D eigenvalue weighted by Gasteiger charge is -2.42. The summed E-state index contributed by atoms with van der Waals surface area (Å²) in [4.78, 5) is 16.6. The molecule has 2 aliphatic rings. The summed E-state index contributed by atoms with van der Waals surface area (Å²) in [6.45, 7) is 5.90. The number of piperidine rings is 1. The van der Waals surface area contributed by atoms with E-state index in [1.165, 1.54) is 18.4 Å². The zero-order chi connectivity index (χ0) is 16.4. The maximum atomic E-state index is 11.8. The molecule has 2 aliphatic heterocycles. The van der Waals surface area contributed by atoms with Gasteiger partial charge in [0, 0.05) is 37.8 Å². The topological polar surface area (TPSA) is 50.6 Å². The van der Waals surface area contributed by atoms with Crippen LogP contribution in [0.15, 0.2) is 12.4 Å². The standard InChI is InChI=1S/C17H28N4O2/c1-4-21-8-5-6-13(16(21)14-10-18-20(3)12-14)11-19(2)15-7-9-23-17(15)22/h10,12-13,15-16H,4-9,11H2,1-3H3/t13-,15+,16+/m0/s1. The molecule has 0 aliphatic carbocycles. The predicted molar refractivity (Wildman–Crippen MR) is 87.9 cm³/mol.